The number of alkyl halides is 1. The van der Waals surface area contributed by atoms with Gasteiger partial charge in [0.15, 0.2) is 0 Å². The minimum Gasteiger partial charge on any atom is -0.303 e. The van der Waals surface area contributed by atoms with Crippen molar-refractivity contribution in [2.24, 2.45) is 0 Å². The zero-order valence-corrected chi connectivity index (χ0v) is 8.80. The molecule has 0 atom stereocenters. The third kappa shape index (κ3) is 2.38. The SMILES string of the molecule is CN(CCCI)C1CCC1. The molecule has 0 heterocycles. The Morgan fingerprint density at radius 2 is 2.20 bits per heavy atom. The standard InChI is InChI=1S/C8H16IN/c1-10(7-3-6-9)8-4-2-5-8/h8H,2-7H2,1H3. The van der Waals surface area contributed by atoms with Crippen LogP contribution in [0.15, 0.2) is 0 Å². The van der Waals surface area contributed by atoms with Crippen LogP contribution in [-0.2, 0) is 0 Å². The lowest BCUT2D eigenvalue weighted by Crippen LogP contribution is -2.37. The van der Waals surface area contributed by atoms with E-state index in [-0.39, 0.29) is 0 Å². The summed E-state index contributed by atoms with van der Waals surface area (Å²) < 4.78 is 1.30. The van der Waals surface area contributed by atoms with Gasteiger partial charge in [-0.3, -0.25) is 0 Å². The van der Waals surface area contributed by atoms with Crippen molar-refractivity contribution in [2.75, 3.05) is 18.0 Å². The average molecular weight is 253 g/mol. The summed E-state index contributed by atoms with van der Waals surface area (Å²) in [6.45, 7) is 1.30. The first-order valence-corrected chi connectivity index (χ1v) is 5.63. The molecule has 0 aromatic heterocycles. The molecule has 0 aliphatic heterocycles. The molecule has 10 heavy (non-hydrogen) atoms. The highest BCUT2D eigenvalue weighted by Gasteiger charge is 2.20. The summed E-state index contributed by atoms with van der Waals surface area (Å²) >= 11 is 2.45. The number of nitrogens with zero attached hydrogens (tertiary/aromatic N) is 1. The van der Waals surface area contributed by atoms with Crippen molar-refractivity contribution in [2.45, 2.75) is 31.7 Å². The summed E-state index contributed by atoms with van der Waals surface area (Å²) in [5.41, 5.74) is 0. The van der Waals surface area contributed by atoms with Crippen molar-refractivity contribution in [1.82, 2.24) is 4.90 Å². The van der Waals surface area contributed by atoms with Crippen molar-refractivity contribution in [3.05, 3.63) is 0 Å². The van der Waals surface area contributed by atoms with Gasteiger partial charge in [0.05, 0.1) is 0 Å². The quantitative estimate of drug-likeness (QED) is 0.549. The predicted molar refractivity (Wildman–Crippen MR) is 53.8 cm³/mol. The highest BCUT2D eigenvalue weighted by molar-refractivity contribution is 14.1. The van der Waals surface area contributed by atoms with Gasteiger partial charge >= 0.3 is 0 Å². The first kappa shape index (κ1) is 8.78. The molecule has 1 rings (SSSR count). The maximum absolute atomic E-state index is 2.52. The maximum atomic E-state index is 2.52. The van der Waals surface area contributed by atoms with Crippen molar-refractivity contribution in [1.29, 1.82) is 0 Å². The van der Waals surface area contributed by atoms with Gasteiger partial charge in [0.25, 0.3) is 0 Å². The zero-order chi connectivity index (χ0) is 7.40. The summed E-state index contributed by atoms with van der Waals surface area (Å²) in [5, 5.41) is 0. The van der Waals surface area contributed by atoms with E-state index in [0.717, 1.165) is 6.04 Å². The third-order valence-corrected chi connectivity index (χ3v) is 3.11. The monoisotopic (exact) mass is 253 g/mol. The van der Waals surface area contributed by atoms with Crippen molar-refractivity contribution in [3.8, 4) is 0 Å². The van der Waals surface area contributed by atoms with Gasteiger partial charge in [-0.1, -0.05) is 29.0 Å². The van der Waals surface area contributed by atoms with Crippen LogP contribution in [0.1, 0.15) is 25.7 Å². The molecule has 1 nitrogen and oxygen atoms in total. The lowest BCUT2D eigenvalue weighted by atomic mass is 9.92. The molecule has 1 aliphatic carbocycles. The van der Waals surface area contributed by atoms with E-state index in [0.29, 0.717) is 0 Å². The van der Waals surface area contributed by atoms with E-state index in [4.69, 9.17) is 0 Å². The predicted octanol–water partition coefficient (Wildman–Crippen LogP) is 2.30. The lowest BCUT2D eigenvalue weighted by Gasteiger charge is -2.34. The third-order valence-electron chi connectivity index (χ3n) is 2.34. The molecule has 0 N–H and O–H groups in total. The van der Waals surface area contributed by atoms with E-state index in [1.54, 1.807) is 0 Å². The molecule has 60 valence electrons. The van der Waals surface area contributed by atoms with Gasteiger partial charge in [0.2, 0.25) is 0 Å². The minimum absolute atomic E-state index is 0.933. The fourth-order valence-electron chi connectivity index (χ4n) is 1.32. The number of rotatable bonds is 4. The Hall–Kier alpha value is 0.690. The molecule has 0 spiro atoms. The molecule has 0 radical (unpaired) electrons. The number of halogens is 1. The molecule has 0 saturated heterocycles. The molecule has 2 heteroatoms. The van der Waals surface area contributed by atoms with Crippen LogP contribution in [0.25, 0.3) is 0 Å². The van der Waals surface area contributed by atoms with Crippen LogP contribution >= 0.6 is 22.6 Å². The van der Waals surface area contributed by atoms with E-state index in [2.05, 4.69) is 34.5 Å². The van der Waals surface area contributed by atoms with Crippen LogP contribution < -0.4 is 0 Å². The van der Waals surface area contributed by atoms with E-state index in [9.17, 15) is 0 Å². The Kier molecular flexibility index (Phi) is 3.99. The van der Waals surface area contributed by atoms with E-state index < -0.39 is 0 Å². The van der Waals surface area contributed by atoms with Gasteiger partial charge in [0, 0.05) is 10.5 Å². The van der Waals surface area contributed by atoms with Crippen LogP contribution in [-0.4, -0.2) is 29.0 Å². The maximum Gasteiger partial charge on any atom is 0.00922 e. The fraction of sp³-hybridized carbons (Fsp3) is 1.00. The average Bonchev–Trinajstić information content (AvgIpc) is 1.79. The summed E-state index contributed by atoms with van der Waals surface area (Å²) in [7, 11) is 2.26. The van der Waals surface area contributed by atoms with Crippen molar-refractivity contribution >= 4 is 22.6 Å². The largest absolute Gasteiger partial charge is 0.303 e. The number of hydrogen-bond acceptors (Lipinski definition) is 1. The second-order valence-corrected chi connectivity index (χ2v) is 4.19. The fourth-order valence-corrected chi connectivity index (χ4v) is 1.66. The smallest absolute Gasteiger partial charge is 0.00922 e. The highest BCUT2D eigenvalue weighted by atomic mass is 127. The van der Waals surface area contributed by atoms with Crippen LogP contribution in [0.2, 0.25) is 0 Å². The van der Waals surface area contributed by atoms with Crippen LogP contribution in [0.3, 0.4) is 0 Å². The Morgan fingerprint density at radius 3 is 2.60 bits per heavy atom. The van der Waals surface area contributed by atoms with E-state index >= 15 is 0 Å². The van der Waals surface area contributed by atoms with Gasteiger partial charge in [0.1, 0.15) is 0 Å². The van der Waals surface area contributed by atoms with Crippen molar-refractivity contribution < 1.29 is 0 Å². The highest BCUT2D eigenvalue weighted by Crippen LogP contribution is 2.23. The molecular formula is C8H16IN. The molecule has 0 amide bonds. The number of hydrogen-bond donors (Lipinski definition) is 0. The summed E-state index contributed by atoms with van der Waals surface area (Å²) in [4.78, 5) is 2.52. The lowest BCUT2D eigenvalue weighted by molar-refractivity contribution is 0.161. The van der Waals surface area contributed by atoms with E-state index in [1.807, 2.05) is 0 Å². The van der Waals surface area contributed by atoms with E-state index in [1.165, 1.54) is 36.7 Å². The molecule has 0 bridgehead atoms. The Labute approximate surface area is 77.3 Å². The molecule has 1 fully saturated rings. The van der Waals surface area contributed by atoms with Gasteiger partial charge in [-0.25, -0.2) is 0 Å². The second-order valence-electron chi connectivity index (χ2n) is 3.11. The first-order chi connectivity index (χ1) is 4.84. The zero-order valence-electron chi connectivity index (χ0n) is 6.65. The van der Waals surface area contributed by atoms with Gasteiger partial charge in [-0.2, -0.15) is 0 Å². The summed E-state index contributed by atoms with van der Waals surface area (Å²) in [6, 6.07) is 0.933. The van der Waals surface area contributed by atoms with Gasteiger partial charge < -0.3 is 4.90 Å². The topological polar surface area (TPSA) is 3.24 Å². The summed E-state index contributed by atoms with van der Waals surface area (Å²) in [6.07, 6.45) is 5.70. The first-order valence-electron chi connectivity index (χ1n) is 4.11. The molecular weight excluding hydrogens is 237 g/mol. The normalized spacial score (nSPS) is 19.5. The Bertz CT molecular complexity index is 91.3. The molecule has 1 saturated carbocycles. The molecule has 0 unspecified atom stereocenters. The summed E-state index contributed by atoms with van der Waals surface area (Å²) in [5.74, 6) is 0. The van der Waals surface area contributed by atoms with Crippen LogP contribution in [0, 0.1) is 0 Å². The minimum atomic E-state index is 0.933. The van der Waals surface area contributed by atoms with Crippen LogP contribution in [0.4, 0.5) is 0 Å². The van der Waals surface area contributed by atoms with Gasteiger partial charge in [-0.15, -0.1) is 0 Å². The second kappa shape index (κ2) is 4.54. The van der Waals surface area contributed by atoms with Gasteiger partial charge in [-0.05, 0) is 32.9 Å². The molecule has 0 aromatic rings. The Morgan fingerprint density at radius 1 is 1.50 bits per heavy atom. The molecule has 1 aliphatic rings. The van der Waals surface area contributed by atoms with Crippen LogP contribution in [0.5, 0.6) is 0 Å². The van der Waals surface area contributed by atoms with Crippen molar-refractivity contribution in [3.63, 3.8) is 0 Å². The molecule has 0 aromatic carbocycles. The Balaban J connectivity index is 2.02.